The van der Waals surface area contributed by atoms with Crippen molar-refractivity contribution in [2.75, 3.05) is 0 Å². The largest absolute Gasteiger partial charge is 1.00 e. The van der Waals surface area contributed by atoms with Crippen LogP contribution in [-0.4, -0.2) is 5.43 Å². The topological polar surface area (TPSA) is 0 Å². The van der Waals surface area contributed by atoms with Crippen molar-refractivity contribution in [1.29, 1.82) is 0 Å². The molecule has 0 amide bonds. The standard InChI is InChI=1S/C15H8F3.C9H13.C2H6Si.2ClH.Zr/c16-10-7-13(15(18)14(17)8-10)12-6-5-9-3-1-2-4-11(9)12;1-6-5-7(2)9(4)8(6)3;1-3-2;;;/h1-8H;6H,1-4H3;1-2H3;2*1H;/q;;;;;+2/p-2. The van der Waals surface area contributed by atoms with Gasteiger partial charge in [-0.05, 0) is 0 Å². The van der Waals surface area contributed by atoms with Crippen LogP contribution in [0.2, 0.25) is 13.1 Å². The third kappa shape index (κ3) is 4.81. The minimum absolute atomic E-state index is 0. The molecule has 0 saturated heterocycles. The van der Waals surface area contributed by atoms with E-state index in [1.54, 1.807) is 3.28 Å². The predicted molar refractivity (Wildman–Crippen MR) is 120 cm³/mol. The van der Waals surface area contributed by atoms with Crippen molar-refractivity contribution < 1.29 is 58.4 Å². The third-order valence-corrected chi connectivity index (χ3v) is 25.6. The van der Waals surface area contributed by atoms with Gasteiger partial charge in [0, 0.05) is 0 Å². The molecule has 0 saturated carbocycles. The van der Waals surface area contributed by atoms with Crippen molar-refractivity contribution in [3.05, 3.63) is 96.6 Å². The molecule has 0 radical (unpaired) electrons. The first-order chi connectivity index (χ1) is 14.6. The molecule has 174 valence electrons. The van der Waals surface area contributed by atoms with Crippen molar-refractivity contribution >= 4 is 11.0 Å². The van der Waals surface area contributed by atoms with Crippen LogP contribution in [-0.2, 0) is 20.4 Å². The molecule has 7 heteroatoms. The van der Waals surface area contributed by atoms with Crippen molar-refractivity contribution in [1.82, 2.24) is 0 Å². The van der Waals surface area contributed by atoms with Gasteiger partial charge in [-0.15, -0.1) is 0 Å². The molecule has 4 rings (SSSR count). The zero-order valence-electron chi connectivity index (χ0n) is 19.6. The summed E-state index contributed by atoms with van der Waals surface area (Å²) in [5.41, 5.74) is 6.53. The molecule has 0 heterocycles. The molecule has 33 heavy (non-hydrogen) atoms. The molecular weight excluding hydrogens is 559 g/mol. The average Bonchev–Trinajstić information content (AvgIpc) is 3.18. The Bertz CT molecular complexity index is 1240. The van der Waals surface area contributed by atoms with Crippen LogP contribution < -0.4 is 24.8 Å². The van der Waals surface area contributed by atoms with Gasteiger partial charge in [-0.3, -0.25) is 0 Å². The molecule has 2 aromatic rings. The first-order valence-corrected chi connectivity index (χ1v) is 19.5. The quantitative estimate of drug-likeness (QED) is 0.380. The maximum absolute atomic E-state index is 14.8. The summed E-state index contributed by atoms with van der Waals surface area (Å²) < 4.78 is 44.8. The number of hydrogen-bond acceptors (Lipinski definition) is 0. The molecular formula is C26H27Cl2F3SiZr. The van der Waals surface area contributed by atoms with Gasteiger partial charge in [0.15, 0.2) is 0 Å². The van der Waals surface area contributed by atoms with Crippen LogP contribution in [0.15, 0.2) is 62.5 Å². The number of benzene rings is 2. The summed E-state index contributed by atoms with van der Waals surface area (Å²) in [4.78, 5) is 0. The molecule has 0 N–H and O–H groups in total. The van der Waals surface area contributed by atoms with E-state index in [0.29, 0.717) is 17.6 Å². The van der Waals surface area contributed by atoms with Gasteiger partial charge in [-0.2, -0.15) is 0 Å². The van der Waals surface area contributed by atoms with Gasteiger partial charge in [0.05, 0.1) is 0 Å². The molecule has 2 aromatic carbocycles. The molecule has 0 aliphatic heterocycles. The Kier molecular flexibility index (Phi) is 9.29. The number of halogens is 5. The van der Waals surface area contributed by atoms with E-state index in [9.17, 15) is 13.2 Å². The average molecular weight is 587 g/mol. The molecule has 0 spiro atoms. The maximum atomic E-state index is 14.8. The van der Waals surface area contributed by atoms with Gasteiger partial charge in [0.25, 0.3) is 0 Å². The van der Waals surface area contributed by atoms with Crippen LogP contribution in [0.3, 0.4) is 0 Å². The van der Waals surface area contributed by atoms with Crippen LogP contribution in [0, 0.1) is 23.4 Å². The second-order valence-electron chi connectivity index (χ2n) is 8.88. The summed E-state index contributed by atoms with van der Waals surface area (Å²) >= 11 is -2.24. The molecule has 2 unspecified atom stereocenters. The van der Waals surface area contributed by atoms with E-state index in [1.165, 1.54) is 22.3 Å². The number of fused-ring (bicyclic) bond motifs is 1. The molecule has 0 aromatic heterocycles. The van der Waals surface area contributed by atoms with E-state index < -0.39 is 43.3 Å². The van der Waals surface area contributed by atoms with Crippen LogP contribution in [0.25, 0.3) is 5.57 Å². The fourth-order valence-electron chi connectivity index (χ4n) is 5.13. The van der Waals surface area contributed by atoms with Crippen molar-refractivity contribution in [2.45, 2.75) is 44.4 Å². The third-order valence-electron chi connectivity index (χ3n) is 6.98. The van der Waals surface area contributed by atoms with Crippen LogP contribution >= 0.6 is 0 Å². The second kappa shape index (κ2) is 10.8. The van der Waals surface area contributed by atoms with E-state index in [4.69, 9.17) is 0 Å². The smallest absolute Gasteiger partial charge is 1.00 e. The molecule has 0 bridgehead atoms. The summed E-state index contributed by atoms with van der Waals surface area (Å²) in [7, 11) is 0. The summed E-state index contributed by atoms with van der Waals surface area (Å²) in [5, 5.41) is 0. The van der Waals surface area contributed by atoms with E-state index in [1.807, 2.05) is 18.2 Å². The minimum atomic E-state index is -2.24. The molecule has 2 atom stereocenters. The molecule has 0 nitrogen and oxygen atoms in total. The van der Waals surface area contributed by atoms with E-state index in [-0.39, 0.29) is 34.0 Å². The van der Waals surface area contributed by atoms with E-state index in [2.05, 4.69) is 52.9 Å². The maximum Gasteiger partial charge on any atom is -1.00 e. The Morgan fingerprint density at radius 1 is 0.879 bits per heavy atom. The molecule has 2 aliphatic rings. The van der Waals surface area contributed by atoms with Gasteiger partial charge in [0.1, 0.15) is 0 Å². The SMILES string of the molecule is CC1=C(C)C(C)[C]([Zr+2]([CH]2C=C(c3cc(F)cc(F)c3F)c3ccccc32)=[Si](C)C)=C1C.[Cl-].[Cl-]. The Labute approximate surface area is 215 Å². The van der Waals surface area contributed by atoms with E-state index >= 15 is 0 Å². The zero-order valence-corrected chi connectivity index (χ0v) is 24.6. The molecule has 2 aliphatic carbocycles. The fourth-order valence-corrected chi connectivity index (χ4v) is 24.8. The van der Waals surface area contributed by atoms with Gasteiger partial charge in [-0.25, -0.2) is 0 Å². The summed E-state index contributed by atoms with van der Waals surface area (Å²) in [6.45, 7) is 13.9. The van der Waals surface area contributed by atoms with Gasteiger partial charge < -0.3 is 24.8 Å². The first kappa shape index (κ1) is 28.4. The van der Waals surface area contributed by atoms with Crippen LogP contribution in [0.4, 0.5) is 13.2 Å². The Balaban J connectivity index is 0.00000193. The van der Waals surface area contributed by atoms with E-state index in [0.717, 1.165) is 11.6 Å². The number of rotatable bonds is 3. The summed E-state index contributed by atoms with van der Waals surface area (Å²) in [5.74, 6) is -2.39. The van der Waals surface area contributed by atoms with Gasteiger partial charge in [-0.1, -0.05) is 0 Å². The van der Waals surface area contributed by atoms with Crippen molar-refractivity contribution in [2.24, 2.45) is 5.92 Å². The van der Waals surface area contributed by atoms with Gasteiger partial charge in [0.2, 0.25) is 0 Å². The second-order valence-corrected chi connectivity index (χ2v) is 26.3. The van der Waals surface area contributed by atoms with Crippen molar-refractivity contribution in [3.8, 4) is 0 Å². The Morgan fingerprint density at radius 2 is 1.52 bits per heavy atom. The fraction of sp³-hybridized carbons (Fsp3) is 0.308. The monoisotopic (exact) mass is 584 g/mol. The Hall–Kier alpha value is -0.870. The summed E-state index contributed by atoms with van der Waals surface area (Å²) in [6.07, 6.45) is 2.14. The van der Waals surface area contributed by atoms with Crippen LogP contribution in [0.5, 0.6) is 0 Å². The van der Waals surface area contributed by atoms with Gasteiger partial charge >= 0.3 is 191 Å². The normalized spacial score (nSPS) is 18.8. The van der Waals surface area contributed by atoms with Crippen LogP contribution in [0.1, 0.15) is 48.0 Å². The summed E-state index contributed by atoms with van der Waals surface area (Å²) in [6, 6.07) is 9.80. The number of hydrogen-bond donors (Lipinski definition) is 0. The number of allylic oxidation sites excluding steroid dienone is 5. The minimum Gasteiger partial charge on any atom is -1.00 e. The Morgan fingerprint density at radius 3 is 2.09 bits per heavy atom. The first-order valence-electron chi connectivity index (χ1n) is 10.7. The molecule has 0 fully saturated rings. The predicted octanol–water partition coefficient (Wildman–Crippen LogP) is 1.73. The zero-order chi connectivity index (χ0) is 22.6. The van der Waals surface area contributed by atoms with Crippen molar-refractivity contribution in [3.63, 3.8) is 0 Å².